The van der Waals surface area contributed by atoms with Crippen LogP contribution in [0.5, 0.6) is 0 Å². The quantitative estimate of drug-likeness (QED) is 0.887. The first-order chi connectivity index (χ1) is 8.93. The molecule has 3 heteroatoms. The molecule has 98 valence electrons. The highest BCUT2D eigenvalue weighted by Gasteiger charge is 2.34. The van der Waals surface area contributed by atoms with E-state index in [2.05, 4.69) is 29.6 Å². The average Bonchev–Trinajstić information content (AvgIpc) is 3.11. The summed E-state index contributed by atoms with van der Waals surface area (Å²) in [6, 6.07) is 10.7. The Hall–Kier alpha value is -1.06. The number of benzene rings is 1. The third kappa shape index (κ3) is 2.68. The Labute approximate surface area is 108 Å². The second-order valence-corrected chi connectivity index (χ2v) is 5.14. The van der Waals surface area contributed by atoms with E-state index in [4.69, 9.17) is 9.47 Å². The highest BCUT2D eigenvalue weighted by molar-refractivity contribution is 5.44. The van der Waals surface area contributed by atoms with Gasteiger partial charge in [0.25, 0.3) is 0 Å². The fraction of sp³-hybridized carbons (Fsp3) is 0.600. The smallest absolute Gasteiger partial charge is 0.0802 e. The van der Waals surface area contributed by atoms with Gasteiger partial charge in [0.05, 0.1) is 18.2 Å². The normalized spacial score (nSPS) is 29.3. The molecule has 2 unspecified atom stereocenters. The first-order valence-electron chi connectivity index (χ1n) is 6.98. The van der Waals surface area contributed by atoms with Gasteiger partial charge < -0.3 is 14.8 Å². The van der Waals surface area contributed by atoms with Crippen molar-refractivity contribution in [3.63, 3.8) is 0 Å². The number of anilines is 1. The van der Waals surface area contributed by atoms with Crippen LogP contribution < -0.4 is 5.32 Å². The minimum absolute atomic E-state index is 0.289. The van der Waals surface area contributed by atoms with Gasteiger partial charge in [-0.2, -0.15) is 0 Å². The third-order valence-corrected chi connectivity index (χ3v) is 3.84. The van der Waals surface area contributed by atoms with Gasteiger partial charge in [-0.15, -0.1) is 0 Å². The van der Waals surface area contributed by atoms with E-state index in [1.807, 2.05) is 6.07 Å². The summed E-state index contributed by atoms with van der Waals surface area (Å²) < 4.78 is 11.7. The zero-order valence-corrected chi connectivity index (χ0v) is 10.7. The summed E-state index contributed by atoms with van der Waals surface area (Å²) in [4.78, 5) is 0. The summed E-state index contributed by atoms with van der Waals surface area (Å²) in [5, 5.41) is 3.61. The van der Waals surface area contributed by atoms with Crippen LogP contribution in [-0.2, 0) is 9.47 Å². The van der Waals surface area contributed by atoms with Gasteiger partial charge in [-0.05, 0) is 37.8 Å². The molecule has 2 saturated heterocycles. The van der Waals surface area contributed by atoms with Crippen LogP contribution >= 0.6 is 0 Å². The molecule has 0 radical (unpaired) electrons. The van der Waals surface area contributed by atoms with Crippen LogP contribution in [0, 0.1) is 0 Å². The van der Waals surface area contributed by atoms with Crippen LogP contribution in [0.4, 0.5) is 5.69 Å². The highest BCUT2D eigenvalue weighted by Crippen LogP contribution is 2.27. The van der Waals surface area contributed by atoms with Crippen molar-refractivity contribution in [2.75, 3.05) is 18.5 Å². The molecule has 2 aliphatic heterocycles. The summed E-state index contributed by atoms with van der Waals surface area (Å²) in [7, 11) is 0. The molecule has 1 N–H and O–H groups in total. The maximum absolute atomic E-state index is 5.86. The molecule has 0 amide bonds. The SMILES string of the molecule is c1ccc(NC(C2CCCO2)C2CCCO2)cc1. The molecule has 0 spiro atoms. The van der Waals surface area contributed by atoms with Crippen molar-refractivity contribution in [3.05, 3.63) is 30.3 Å². The van der Waals surface area contributed by atoms with Gasteiger partial charge >= 0.3 is 0 Å². The predicted octanol–water partition coefficient (Wildman–Crippen LogP) is 2.83. The summed E-state index contributed by atoms with van der Waals surface area (Å²) in [5.74, 6) is 0. The molecular weight excluding hydrogens is 226 g/mol. The minimum atomic E-state index is 0.289. The molecule has 2 fully saturated rings. The van der Waals surface area contributed by atoms with Gasteiger partial charge in [0.2, 0.25) is 0 Å². The van der Waals surface area contributed by atoms with Gasteiger partial charge in [-0.25, -0.2) is 0 Å². The van der Waals surface area contributed by atoms with E-state index in [0.717, 1.165) is 31.7 Å². The summed E-state index contributed by atoms with van der Waals surface area (Å²) in [6.45, 7) is 1.79. The number of rotatable bonds is 4. The van der Waals surface area contributed by atoms with Crippen molar-refractivity contribution in [1.29, 1.82) is 0 Å². The molecule has 2 aliphatic rings. The van der Waals surface area contributed by atoms with E-state index in [1.165, 1.54) is 12.8 Å². The van der Waals surface area contributed by atoms with Gasteiger partial charge in [0, 0.05) is 18.9 Å². The molecule has 1 aromatic carbocycles. The van der Waals surface area contributed by atoms with Gasteiger partial charge in [0.1, 0.15) is 0 Å². The summed E-state index contributed by atoms with van der Waals surface area (Å²) in [6.07, 6.45) is 5.23. The fourth-order valence-corrected chi connectivity index (χ4v) is 2.92. The Bertz CT molecular complexity index is 340. The van der Waals surface area contributed by atoms with E-state index in [1.54, 1.807) is 0 Å². The van der Waals surface area contributed by atoms with E-state index in [0.29, 0.717) is 12.2 Å². The molecule has 1 aromatic rings. The van der Waals surface area contributed by atoms with E-state index >= 15 is 0 Å². The van der Waals surface area contributed by atoms with Gasteiger partial charge in [-0.1, -0.05) is 18.2 Å². The first-order valence-corrected chi connectivity index (χ1v) is 6.98. The Morgan fingerprint density at radius 3 is 2.06 bits per heavy atom. The van der Waals surface area contributed by atoms with Crippen LogP contribution in [0.1, 0.15) is 25.7 Å². The van der Waals surface area contributed by atoms with Gasteiger partial charge in [-0.3, -0.25) is 0 Å². The second kappa shape index (κ2) is 5.72. The molecule has 18 heavy (non-hydrogen) atoms. The molecule has 0 saturated carbocycles. The maximum atomic E-state index is 5.86. The van der Waals surface area contributed by atoms with E-state index in [-0.39, 0.29) is 6.04 Å². The van der Waals surface area contributed by atoms with Crippen molar-refractivity contribution in [1.82, 2.24) is 0 Å². The first kappa shape index (κ1) is 12.0. The zero-order valence-electron chi connectivity index (χ0n) is 10.7. The fourth-order valence-electron chi connectivity index (χ4n) is 2.92. The van der Waals surface area contributed by atoms with Crippen molar-refractivity contribution in [3.8, 4) is 0 Å². The monoisotopic (exact) mass is 247 g/mol. The number of hydrogen-bond acceptors (Lipinski definition) is 3. The lowest BCUT2D eigenvalue weighted by Gasteiger charge is -2.29. The molecular formula is C15H21NO2. The van der Waals surface area contributed by atoms with Crippen LogP contribution in [0.2, 0.25) is 0 Å². The van der Waals surface area contributed by atoms with E-state index in [9.17, 15) is 0 Å². The van der Waals surface area contributed by atoms with Crippen molar-refractivity contribution >= 4 is 5.69 Å². The Kier molecular flexibility index (Phi) is 3.81. The van der Waals surface area contributed by atoms with E-state index < -0.39 is 0 Å². The lowest BCUT2D eigenvalue weighted by atomic mass is 9.99. The minimum Gasteiger partial charge on any atom is -0.377 e. The summed E-state index contributed by atoms with van der Waals surface area (Å²) in [5.41, 5.74) is 1.16. The second-order valence-electron chi connectivity index (χ2n) is 5.14. The number of para-hydroxylation sites is 1. The van der Waals surface area contributed by atoms with Crippen molar-refractivity contribution in [2.45, 2.75) is 43.9 Å². The number of ether oxygens (including phenoxy) is 2. The van der Waals surface area contributed by atoms with Crippen molar-refractivity contribution < 1.29 is 9.47 Å². The van der Waals surface area contributed by atoms with Crippen LogP contribution in [0.25, 0.3) is 0 Å². The predicted molar refractivity (Wildman–Crippen MR) is 71.8 cm³/mol. The highest BCUT2D eigenvalue weighted by atomic mass is 16.5. The molecule has 0 aromatic heterocycles. The number of nitrogens with one attached hydrogen (secondary N) is 1. The maximum Gasteiger partial charge on any atom is 0.0802 e. The lowest BCUT2D eigenvalue weighted by Crippen LogP contribution is -2.43. The number of hydrogen-bond donors (Lipinski definition) is 1. The molecule has 3 rings (SSSR count). The molecule has 3 nitrogen and oxygen atoms in total. The Morgan fingerprint density at radius 2 is 1.56 bits per heavy atom. The van der Waals surface area contributed by atoms with Crippen molar-refractivity contribution in [2.24, 2.45) is 0 Å². The standard InChI is InChI=1S/C15H21NO2/c1-2-6-12(7-3-1)16-15(13-8-4-10-17-13)14-9-5-11-18-14/h1-3,6-7,13-16H,4-5,8-11H2. The van der Waals surface area contributed by atoms with Crippen LogP contribution in [0.3, 0.4) is 0 Å². The van der Waals surface area contributed by atoms with Crippen LogP contribution in [-0.4, -0.2) is 31.5 Å². The van der Waals surface area contributed by atoms with Gasteiger partial charge in [0.15, 0.2) is 0 Å². The lowest BCUT2D eigenvalue weighted by molar-refractivity contribution is 0.0245. The molecule has 2 atom stereocenters. The Balaban J connectivity index is 1.72. The largest absolute Gasteiger partial charge is 0.377 e. The average molecular weight is 247 g/mol. The molecule has 2 heterocycles. The topological polar surface area (TPSA) is 30.5 Å². The summed E-state index contributed by atoms with van der Waals surface area (Å²) >= 11 is 0. The zero-order chi connectivity index (χ0) is 12.2. The third-order valence-electron chi connectivity index (χ3n) is 3.84. The molecule has 0 aliphatic carbocycles. The van der Waals surface area contributed by atoms with Crippen LogP contribution in [0.15, 0.2) is 30.3 Å². The molecule has 0 bridgehead atoms. The Morgan fingerprint density at radius 1 is 0.944 bits per heavy atom.